The van der Waals surface area contributed by atoms with Crippen LogP contribution < -0.4 is 4.90 Å². The molecule has 0 amide bonds. The van der Waals surface area contributed by atoms with Crippen LogP contribution in [0.4, 0.5) is 5.13 Å². The lowest BCUT2D eigenvalue weighted by Crippen LogP contribution is -2.50. The number of piperazine rings is 1. The molecular weight excluding hydrogens is 290 g/mol. The van der Waals surface area contributed by atoms with Gasteiger partial charge in [0.05, 0.1) is 7.11 Å². The summed E-state index contributed by atoms with van der Waals surface area (Å²) in [7, 11) is 1.31. The number of fused-ring (bicyclic) bond motifs is 1. The summed E-state index contributed by atoms with van der Waals surface area (Å²) in [6.07, 6.45) is 2.47. The van der Waals surface area contributed by atoms with E-state index in [1.807, 2.05) is 0 Å². The van der Waals surface area contributed by atoms with Gasteiger partial charge in [-0.3, -0.25) is 9.69 Å². The van der Waals surface area contributed by atoms with E-state index in [9.17, 15) is 9.59 Å². The molecule has 21 heavy (non-hydrogen) atoms. The SMILES string of the molecule is COC(=O)c1nc(N2CCN3CCCC3C2)sc1C(C)=O. The number of methoxy groups -OCH3 is 1. The van der Waals surface area contributed by atoms with Gasteiger partial charge < -0.3 is 9.64 Å². The number of aromatic nitrogens is 1. The Morgan fingerprint density at radius 3 is 2.86 bits per heavy atom. The second-order valence-electron chi connectivity index (χ2n) is 5.50. The maximum atomic E-state index is 11.8. The van der Waals surface area contributed by atoms with Gasteiger partial charge in [-0.2, -0.15) is 0 Å². The third kappa shape index (κ3) is 2.67. The van der Waals surface area contributed by atoms with Gasteiger partial charge in [0.2, 0.25) is 0 Å². The first-order chi connectivity index (χ1) is 10.1. The van der Waals surface area contributed by atoms with Crippen LogP contribution in [0.25, 0.3) is 0 Å². The molecule has 0 N–H and O–H groups in total. The van der Waals surface area contributed by atoms with Crippen LogP contribution in [0.5, 0.6) is 0 Å². The van der Waals surface area contributed by atoms with Crippen molar-refractivity contribution in [3.63, 3.8) is 0 Å². The number of carbonyl (C=O) groups is 2. The van der Waals surface area contributed by atoms with Crippen molar-refractivity contribution in [3.8, 4) is 0 Å². The Bertz CT molecular complexity index is 572. The molecule has 6 nitrogen and oxygen atoms in total. The van der Waals surface area contributed by atoms with E-state index in [1.54, 1.807) is 0 Å². The van der Waals surface area contributed by atoms with Gasteiger partial charge >= 0.3 is 5.97 Å². The first kappa shape index (κ1) is 14.5. The van der Waals surface area contributed by atoms with Crippen molar-refractivity contribution in [3.05, 3.63) is 10.6 Å². The maximum absolute atomic E-state index is 11.8. The molecule has 3 rings (SSSR count). The lowest BCUT2D eigenvalue weighted by molar-refractivity contribution is 0.0591. The zero-order valence-electron chi connectivity index (χ0n) is 12.3. The third-order valence-corrected chi connectivity index (χ3v) is 5.39. The van der Waals surface area contributed by atoms with Gasteiger partial charge in [-0.05, 0) is 19.4 Å². The van der Waals surface area contributed by atoms with Gasteiger partial charge in [0.1, 0.15) is 4.88 Å². The Hall–Kier alpha value is -1.47. The molecule has 1 aromatic heterocycles. The molecule has 0 saturated carbocycles. The summed E-state index contributed by atoms with van der Waals surface area (Å²) in [5, 5.41) is 0.757. The zero-order valence-corrected chi connectivity index (χ0v) is 13.1. The molecule has 0 radical (unpaired) electrons. The topological polar surface area (TPSA) is 62.7 Å². The molecule has 1 aromatic rings. The van der Waals surface area contributed by atoms with Gasteiger partial charge in [0.25, 0.3) is 0 Å². The Kier molecular flexibility index (Phi) is 3.95. The van der Waals surface area contributed by atoms with Crippen LogP contribution in [-0.2, 0) is 4.74 Å². The fourth-order valence-corrected chi connectivity index (χ4v) is 4.07. The highest BCUT2D eigenvalue weighted by molar-refractivity contribution is 7.17. The number of carbonyl (C=O) groups excluding carboxylic acids is 2. The first-order valence-corrected chi connectivity index (χ1v) is 8.01. The first-order valence-electron chi connectivity index (χ1n) is 7.19. The van der Waals surface area contributed by atoms with Gasteiger partial charge in [0.15, 0.2) is 16.6 Å². The summed E-state index contributed by atoms with van der Waals surface area (Å²) in [6.45, 7) is 5.47. The predicted molar refractivity (Wildman–Crippen MR) is 80.3 cm³/mol. The van der Waals surface area contributed by atoms with Gasteiger partial charge in [0, 0.05) is 32.6 Å². The normalized spacial score (nSPS) is 22.2. The molecule has 0 bridgehead atoms. The second-order valence-corrected chi connectivity index (χ2v) is 6.48. The van der Waals surface area contributed by atoms with Crippen LogP contribution in [-0.4, -0.2) is 61.0 Å². The largest absolute Gasteiger partial charge is 0.464 e. The van der Waals surface area contributed by atoms with Crippen LogP contribution in [0.2, 0.25) is 0 Å². The van der Waals surface area contributed by atoms with E-state index in [2.05, 4.69) is 14.8 Å². The van der Waals surface area contributed by atoms with E-state index >= 15 is 0 Å². The summed E-state index contributed by atoms with van der Waals surface area (Å²) >= 11 is 1.30. The summed E-state index contributed by atoms with van der Waals surface area (Å²) < 4.78 is 4.72. The molecule has 2 aliphatic heterocycles. The van der Waals surface area contributed by atoms with Crippen molar-refractivity contribution in [2.24, 2.45) is 0 Å². The van der Waals surface area contributed by atoms with Crippen LogP contribution in [0, 0.1) is 0 Å². The minimum absolute atomic E-state index is 0.140. The molecule has 0 aliphatic carbocycles. The van der Waals surface area contributed by atoms with Crippen molar-refractivity contribution < 1.29 is 14.3 Å². The number of hydrogen-bond acceptors (Lipinski definition) is 7. The minimum Gasteiger partial charge on any atom is -0.464 e. The number of thiazole rings is 1. The van der Waals surface area contributed by atoms with Crippen LogP contribution >= 0.6 is 11.3 Å². The molecule has 0 spiro atoms. The Labute approximate surface area is 127 Å². The number of nitrogens with zero attached hydrogens (tertiary/aromatic N) is 3. The van der Waals surface area contributed by atoms with Crippen molar-refractivity contribution in [1.82, 2.24) is 9.88 Å². The molecule has 0 aromatic carbocycles. The molecule has 2 fully saturated rings. The molecule has 1 unspecified atom stereocenters. The number of ketones is 1. The molecule has 2 saturated heterocycles. The zero-order chi connectivity index (χ0) is 15.0. The van der Waals surface area contributed by atoms with Crippen LogP contribution in [0.3, 0.4) is 0 Å². The average Bonchev–Trinajstić information content (AvgIpc) is 3.11. The van der Waals surface area contributed by atoms with Crippen molar-refractivity contribution in [2.45, 2.75) is 25.8 Å². The highest BCUT2D eigenvalue weighted by Gasteiger charge is 2.33. The molecule has 1 atom stereocenters. The second kappa shape index (κ2) is 5.73. The number of anilines is 1. The summed E-state index contributed by atoms with van der Waals surface area (Å²) in [5.74, 6) is -0.680. The molecule has 3 heterocycles. The molecule has 2 aliphatic rings. The predicted octanol–water partition coefficient (Wildman–Crippen LogP) is 1.42. The van der Waals surface area contributed by atoms with Crippen LogP contribution in [0.1, 0.15) is 39.9 Å². The van der Waals surface area contributed by atoms with E-state index in [1.165, 1.54) is 44.8 Å². The Balaban J connectivity index is 1.85. The van der Waals surface area contributed by atoms with E-state index in [4.69, 9.17) is 4.74 Å². The van der Waals surface area contributed by atoms with E-state index in [0.29, 0.717) is 10.9 Å². The third-order valence-electron chi connectivity index (χ3n) is 4.17. The monoisotopic (exact) mass is 309 g/mol. The quantitative estimate of drug-likeness (QED) is 0.621. The summed E-state index contributed by atoms with van der Waals surface area (Å²) in [4.78, 5) is 32.9. The fraction of sp³-hybridized carbons (Fsp3) is 0.643. The number of rotatable bonds is 3. The highest BCUT2D eigenvalue weighted by atomic mass is 32.1. The summed E-state index contributed by atoms with van der Waals surface area (Å²) in [5.41, 5.74) is 0.152. The number of hydrogen-bond donors (Lipinski definition) is 0. The standard InChI is InChI=1S/C14H19N3O3S/c1-9(18)12-11(13(19)20-2)15-14(21-12)17-7-6-16-5-3-4-10(16)8-17/h10H,3-8H2,1-2H3. The summed E-state index contributed by atoms with van der Waals surface area (Å²) in [6, 6.07) is 0.574. The fourth-order valence-electron chi connectivity index (χ4n) is 3.08. The Morgan fingerprint density at radius 2 is 2.14 bits per heavy atom. The van der Waals surface area contributed by atoms with Crippen molar-refractivity contribution in [1.29, 1.82) is 0 Å². The van der Waals surface area contributed by atoms with E-state index in [-0.39, 0.29) is 11.5 Å². The van der Waals surface area contributed by atoms with Crippen molar-refractivity contribution >= 4 is 28.2 Å². The number of ether oxygens (including phenoxy) is 1. The van der Waals surface area contributed by atoms with Crippen molar-refractivity contribution in [2.75, 3.05) is 38.2 Å². The smallest absolute Gasteiger partial charge is 0.358 e. The van der Waals surface area contributed by atoms with Gasteiger partial charge in [-0.15, -0.1) is 0 Å². The lowest BCUT2D eigenvalue weighted by Gasteiger charge is -2.37. The number of Topliss-reactive ketones (excluding diaryl/α,β-unsaturated/α-hetero) is 1. The highest BCUT2D eigenvalue weighted by Crippen LogP contribution is 2.31. The van der Waals surface area contributed by atoms with E-state index < -0.39 is 5.97 Å². The molecular formula is C14H19N3O3S. The van der Waals surface area contributed by atoms with E-state index in [0.717, 1.165) is 24.8 Å². The van der Waals surface area contributed by atoms with Gasteiger partial charge in [-0.25, -0.2) is 9.78 Å². The molecule has 7 heteroatoms. The van der Waals surface area contributed by atoms with Crippen LogP contribution in [0.15, 0.2) is 0 Å². The minimum atomic E-state index is -0.540. The lowest BCUT2D eigenvalue weighted by atomic mass is 10.2. The van der Waals surface area contributed by atoms with Gasteiger partial charge in [-0.1, -0.05) is 11.3 Å². The Morgan fingerprint density at radius 1 is 1.33 bits per heavy atom. The maximum Gasteiger partial charge on any atom is 0.358 e. The average molecular weight is 309 g/mol. The number of esters is 1. The molecule has 114 valence electrons.